The van der Waals surface area contributed by atoms with Crippen LogP contribution in [0.1, 0.15) is 21.6 Å². The zero-order valence-corrected chi connectivity index (χ0v) is 14.8. The molecule has 2 heterocycles. The van der Waals surface area contributed by atoms with Crippen LogP contribution in [0.2, 0.25) is 5.02 Å². The summed E-state index contributed by atoms with van der Waals surface area (Å²) in [5.41, 5.74) is 2.36. The summed E-state index contributed by atoms with van der Waals surface area (Å²) in [6.45, 7) is 0.678. The summed E-state index contributed by atoms with van der Waals surface area (Å²) in [6, 6.07) is 13.2. The van der Waals surface area contributed by atoms with Crippen molar-refractivity contribution in [1.82, 2.24) is 10.1 Å². The van der Waals surface area contributed by atoms with E-state index in [1.165, 1.54) is 12.1 Å². The number of nitro benzene ring substituents is 1. The van der Waals surface area contributed by atoms with Crippen LogP contribution in [0.5, 0.6) is 0 Å². The van der Waals surface area contributed by atoms with Crippen LogP contribution in [-0.4, -0.2) is 27.4 Å². The molecule has 0 radical (unpaired) electrons. The molecule has 0 atom stereocenters. The van der Waals surface area contributed by atoms with Gasteiger partial charge in [-0.15, -0.1) is 0 Å². The predicted molar refractivity (Wildman–Crippen MR) is 98.5 cm³/mol. The Morgan fingerprint density at radius 1 is 1.19 bits per heavy atom. The van der Waals surface area contributed by atoms with Crippen molar-refractivity contribution in [3.8, 4) is 11.3 Å². The van der Waals surface area contributed by atoms with Gasteiger partial charge in [0.1, 0.15) is 11.3 Å². The van der Waals surface area contributed by atoms with Gasteiger partial charge in [0.05, 0.1) is 11.5 Å². The molecule has 0 spiro atoms. The van der Waals surface area contributed by atoms with Gasteiger partial charge in [-0.3, -0.25) is 14.9 Å². The molecular weight excluding hydrogens is 370 g/mol. The van der Waals surface area contributed by atoms with Gasteiger partial charge < -0.3 is 9.42 Å². The highest BCUT2D eigenvalue weighted by Crippen LogP contribution is 2.32. The summed E-state index contributed by atoms with van der Waals surface area (Å²) in [4.78, 5) is 25.0. The Hall–Kier alpha value is -3.19. The van der Waals surface area contributed by atoms with Gasteiger partial charge in [0.15, 0.2) is 5.76 Å². The zero-order chi connectivity index (χ0) is 19.0. The van der Waals surface area contributed by atoms with E-state index in [0.29, 0.717) is 29.4 Å². The van der Waals surface area contributed by atoms with Gasteiger partial charge in [-0.25, -0.2) is 0 Å². The number of carbonyl (C=O) groups excluding carboxylic acids is 1. The minimum Gasteiger partial charge on any atom is -0.356 e. The highest BCUT2D eigenvalue weighted by atomic mass is 35.5. The van der Waals surface area contributed by atoms with E-state index in [1.807, 2.05) is 12.1 Å². The number of hydrogen-bond donors (Lipinski definition) is 0. The Morgan fingerprint density at radius 2 is 1.93 bits per heavy atom. The first-order valence-corrected chi connectivity index (χ1v) is 8.68. The standard InChI is InChI=1S/C19H14ClN3O4/c20-13-7-5-12(6-8-13)18-14-9-10-22(11-16(14)21-27-18)19(24)15-3-1-2-4-17(15)23(25)26/h1-8H,9-11H2. The topological polar surface area (TPSA) is 89.5 Å². The molecular formula is C19H14ClN3O4. The lowest BCUT2D eigenvalue weighted by Gasteiger charge is -2.26. The molecule has 0 N–H and O–H groups in total. The second kappa shape index (κ2) is 6.85. The first-order valence-electron chi connectivity index (χ1n) is 8.30. The van der Waals surface area contributed by atoms with Crippen molar-refractivity contribution in [2.24, 2.45) is 0 Å². The summed E-state index contributed by atoms with van der Waals surface area (Å²) >= 11 is 5.93. The lowest BCUT2D eigenvalue weighted by Crippen LogP contribution is -2.36. The summed E-state index contributed by atoms with van der Waals surface area (Å²) in [6.07, 6.45) is 0.559. The summed E-state index contributed by atoms with van der Waals surface area (Å²) in [7, 11) is 0. The van der Waals surface area contributed by atoms with Crippen molar-refractivity contribution in [1.29, 1.82) is 0 Å². The number of hydrogen-bond acceptors (Lipinski definition) is 5. The van der Waals surface area contributed by atoms with Gasteiger partial charge in [-0.1, -0.05) is 28.9 Å². The maximum absolute atomic E-state index is 12.8. The second-order valence-electron chi connectivity index (χ2n) is 6.19. The number of amides is 1. The van der Waals surface area contributed by atoms with Crippen LogP contribution < -0.4 is 0 Å². The summed E-state index contributed by atoms with van der Waals surface area (Å²) in [5, 5.41) is 15.9. The van der Waals surface area contributed by atoms with Gasteiger partial charge in [-0.2, -0.15) is 0 Å². The predicted octanol–water partition coefficient (Wildman–Crippen LogP) is 4.10. The molecule has 27 heavy (non-hydrogen) atoms. The lowest BCUT2D eigenvalue weighted by molar-refractivity contribution is -0.385. The van der Waals surface area contributed by atoms with Crippen LogP contribution in [0.15, 0.2) is 53.1 Å². The van der Waals surface area contributed by atoms with E-state index >= 15 is 0 Å². The van der Waals surface area contributed by atoms with Crippen LogP contribution in [0, 0.1) is 10.1 Å². The number of benzene rings is 2. The first kappa shape index (κ1) is 17.2. The molecule has 0 unspecified atom stereocenters. The van der Waals surface area contributed by atoms with Crippen LogP contribution >= 0.6 is 11.6 Å². The number of fused-ring (bicyclic) bond motifs is 1. The molecule has 3 aromatic rings. The molecule has 0 fully saturated rings. The Morgan fingerprint density at radius 3 is 2.67 bits per heavy atom. The molecule has 0 bridgehead atoms. The molecule has 0 saturated heterocycles. The van der Waals surface area contributed by atoms with E-state index in [9.17, 15) is 14.9 Å². The van der Waals surface area contributed by atoms with E-state index in [2.05, 4.69) is 5.16 Å². The van der Waals surface area contributed by atoms with E-state index < -0.39 is 4.92 Å². The molecule has 7 nitrogen and oxygen atoms in total. The molecule has 0 aliphatic carbocycles. The highest BCUT2D eigenvalue weighted by Gasteiger charge is 2.30. The molecule has 1 aromatic heterocycles. The molecule has 136 valence electrons. The van der Waals surface area contributed by atoms with Crippen molar-refractivity contribution in [3.05, 3.63) is 80.5 Å². The van der Waals surface area contributed by atoms with Crippen LogP contribution in [0.25, 0.3) is 11.3 Å². The van der Waals surface area contributed by atoms with Crippen molar-refractivity contribution in [2.75, 3.05) is 6.54 Å². The van der Waals surface area contributed by atoms with E-state index in [1.54, 1.807) is 29.2 Å². The molecule has 1 aliphatic heterocycles. The third-order valence-corrected chi connectivity index (χ3v) is 4.82. The zero-order valence-electron chi connectivity index (χ0n) is 14.1. The smallest absolute Gasteiger partial charge is 0.282 e. The van der Waals surface area contributed by atoms with Gasteiger partial charge in [0, 0.05) is 28.8 Å². The lowest BCUT2D eigenvalue weighted by atomic mass is 10.00. The molecule has 8 heteroatoms. The largest absolute Gasteiger partial charge is 0.356 e. The first-order chi connectivity index (χ1) is 13.0. The fourth-order valence-corrected chi connectivity index (χ4v) is 3.34. The molecule has 0 saturated carbocycles. The average Bonchev–Trinajstić information content (AvgIpc) is 3.11. The maximum Gasteiger partial charge on any atom is 0.282 e. The second-order valence-corrected chi connectivity index (χ2v) is 6.63. The van der Waals surface area contributed by atoms with Gasteiger partial charge in [0.2, 0.25) is 0 Å². The molecule has 2 aromatic carbocycles. The average molecular weight is 384 g/mol. The Bertz CT molecular complexity index is 1030. The Labute approximate surface area is 159 Å². The van der Waals surface area contributed by atoms with Crippen LogP contribution in [0.4, 0.5) is 5.69 Å². The molecule has 4 rings (SSSR count). The number of para-hydroxylation sites is 1. The van der Waals surface area contributed by atoms with Gasteiger partial charge >= 0.3 is 0 Å². The van der Waals surface area contributed by atoms with E-state index in [4.69, 9.17) is 16.1 Å². The van der Waals surface area contributed by atoms with Crippen LogP contribution in [-0.2, 0) is 13.0 Å². The third kappa shape index (κ3) is 3.17. The minimum absolute atomic E-state index is 0.0763. The Balaban J connectivity index is 1.60. The fourth-order valence-electron chi connectivity index (χ4n) is 3.22. The number of nitro groups is 1. The van der Waals surface area contributed by atoms with Crippen molar-refractivity contribution < 1.29 is 14.2 Å². The van der Waals surface area contributed by atoms with Crippen molar-refractivity contribution in [2.45, 2.75) is 13.0 Å². The molecule has 1 amide bonds. The summed E-state index contributed by atoms with van der Waals surface area (Å²) in [5.74, 6) is 0.281. The Kier molecular flexibility index (Phi) is 4.37. The van der Waals surface area contributed by atoms with Crippen molar-refractivity contribution >= 4 is 23.2 Å². The monoisotopic (exact) mass is 383 g/mol. The quantitative estimate of drug-likeness (QED) is 0.501. The van der Waals surface area contributed by atoms with Gasteiger partial charge in [-0.05, 0) is 36.8 Å². The third-order valence-electron chi connectivity index (χ3n) is 4.57. The normalized spacial score (nSPS) is 13.3. The van der Waals surface area contributed by atoms with E-state index in [0.717, 1.165) is 11.1 Å². The molecule has 1 aliphatic rings. The number of rotatable bonds is 3. The number of halogens is 1. The number of aromatic nitrogens is 1. The van der Waals surface area contributed by atoms with Gasteiger partial charge in [0.25, 0.3) is 11.6 Å². The number of carbonyl (C=O) groups is 1. The van der Waals surface area contributed by atoms with Crippen LogP contribution in [0.3, 0.4) is 0 Å². The highest BCUT2D eigenvalue weighted by molar-refractivity contribution is 6.30. The van der Waals surface area contributed by atoms with E-state index in [-0.39, 0.29) is 23.7 Å². The summed E-state index contributed by atoms with van der Waals surface area (Å²) < 4.78 is 5.50. The SMILES string of the molecule is O=C(c1ccccc1[N+](=O)[O-])N1CCc2c(noc2-c2ccc(Cl)cc2)C1. The minimum atomic E-state index is -0.544. The van der Waals surface area contributed by atoms with Crippen molar-refractivity contribution in [3.63, 3.8) is 0 Å². The fraction of sp³-hybridized carbons (Fsp3) is 0.158. The maximum atomic E-state index is 12.8. The number of nitrogens with zero attached hydrogens (tertiary/aromatic N) is 3.